The highest BCUT2D eigenvalue weighted by Crippen LogP contribution is 2.33. The molecule has 2 aromatic rings. The fourth-order valence-corrected chi connectivity index (χ4v) is 3.13. The van der Waals surface area contributed by atoms with Gasteiger partial charge in [0, 0.05) is 5.56 Å². The summed E-state index contributed by atoms with van der Waals surface area (Å²) < 4.78 is 6.83. The van der Waals surface area contributed by atoms with Crippen LogP contribution in [-0.2, 0) is 24.5 Å². The number of rotatable bonds is 4. The summed E-state index contributed by atoms with van der Waals surface area (Å²) in [6.07, 6.45) is 0. The zero-order chi connectivity index (χ0) is 14.2. The summed E-state index contributed by atoms with van der Waals surface area (Å²) in [7, 11) is 2.34. The molecule has 0 aromatic heterocycles. The molecule has 1 aliphatic rings. The van der Waals surface area contributed by atoms with Gasteiger partial charge in [0.15, 0.2) is 0 Å². The van der Waals surface area contributed by atoms with E-state index in [4.69, 9.17) is 4.74 Å². The summed E-state index contributed by atoms with van der Waals surface area (Å²) >= 11 is 0. The predicted octanol–water partition coefficient (Wildman–Crippen LogP) is 0.860. The van der Waals surface area contributed by atoms with E-state index in [1.54, 1.807) is 0 Å². The molecule has 0 spiro atoms. The van der Waals surface area contributed by atoms with Crippen LogP contribution in [0.15, 0.2) is 30.3 Å². The van der Waals surface area contributed by atoms with Gasteiger partial charge >= 0.3 is 0 Å². The molecular formula is C18H24INO. The lowest BCUT2D eigenvalue weighted by Crippen LogP contribution is -3.00. The van der Waals surface area contributed by atoms with Crippen molar-refractivity contribution in [3.63, 3.8) is 0 Å². The minimum atomic E-state index is 0. The smallest absolute Gasteiger partial charge is 0.105 e. The Morgan fingerprint density at radius 1 is 1.05 bits per heavy atom. The zero-order valence-electron chi connectivity index (χ0n) is 13.2. The second kappa shape index (κ2) is 6.63. The Labute approximate surface area is 144 Å². The Bertz CT molecular complexity index is 634. The number of hydrogen-bond donors (Lipinski definition) is 0. The molecule has 0 aliphatic carbocycles. The molecule has 0 bridgehead atoms. The highest BCUT2D eigenvalue weighted by molar-refractivity contribution is 5.88. The van der Waals surface area contributed by atoms with Crippen molar-refractivity contribution < 1.29 is 33.2 Å². The Hall–Kier alpha value is -0.650. The van der Waals surface area contributed by atoms with E-state index in [2.05, 4.69) is 51.2 Å². The first-order valence-corrected chi connectivity index (χ1v) is 7.60. The second-order valence-corrected chi connectivity index (χ2v) is 6.12. The molecule has 0 N–H and O–H groups in total. The maximum atomic E-state index is 5.74. The number of benzene rings is 2. The first-order chi connectivity index (χ1) is 9.67. The number of halogens is 1. The van der Waals surface area contributed by atoms with Gasteiger partial charge in [-0.05, 0) is 41.8 Å². The van der Waals surface area contributed by atoms with Crippen LogP contribution < -0.4 is 24.0 Å². The van der Waals surface area contributed by atoms with Gasteiger partial charge in [-0.2, -0.15) is 0 Å². The van der Waals surface area contributed by atoms with Crippen molar-refractivity contribution in [2.75, 3.05) is 20.1 Å². The van der Waals surface area contributed by atoms with E-state index in [1.807, 2.05) is 0 Å². The van der Waals surface area contributed by atoms with E-state index in [9.17, 15) is 0 Å². The molecule has 0 atom stereocenters. The van der Waals surface area contributed by atoms with Crippen LogP contribution in [-0.4, -0.2) is 24.6 Å². The van der Waals surface area contributed by atoms with Gasteiger partial charge in [-0.3, -0.25) is 0 Å². The van der Waals surface area contributed by atoms with Crippen LogP contribution in [0.25, 0.3) is 10.8 Å². The van der Waals surface area contributed by atoms with Gasteiger partial charge in [0.25, 0.3) is 0 Å². The Morgan fingerprint density at radius 3 is 2.43 bits per heavy atom. The van der Waals surface area contributed by atoms with Crippen LogP contribution in [0.3, 0.4) is 0 Å². The topological polar surface area (TPSA) is 9.23 Å². The fourth-order valence-electron chi connectivity index (χ4n) is 3.13. The summed E-state index contributed by atoms with van der Waals surface area (Å²) in [5.41, 5.74) is 4.33. The lowest BCUT2D eigenvalue weighted by Gasteiger charge is -2.33. The van der Waals surface area contributed by atoms with Gasteiger partial charge in [-0.1, -0.05) is 24.3 Å². The van der Waals surface area contributed by atoms with Crippen LogP contribution in [0.1, 0.15) is 30.5 Å². The lowest BCUT2D eigenvalue weighted by molar-refractivity contribution is -0.919. The molecule has 0 fully saturated rings. The maximum absolute atomic E-state index is 5.74. The average molecular weight is 397 g/mol. The van der Waals surface area contributed by atoms with Crippen molar-refractivity contribution >= 4 is 10.8 Å². The van der Waals surface area contributed by atoms with Crippen LogP contribution >= 0.6 is 0 Å². The van der Waals surface area contributed by atoms with Gasteiger partial charge in [-0.15, -0.1) is 0 Å². The molecule has 2 aromatic carbocycles. The molecule has 0 amide bonds. The van der Waals surface area contributed by atoms with E-state index >= 15 is 0 Å². The Balaban J connectivity index is 0.00000161. The molecule has 1 heterocycles. The summed E-state index contributed by atoms with van der Waals surface area (Å²) in [4.78, 5) is 0. The van der Waals surface area contributed by atoms with E-state index in [0.717, 1.165) is 24.2 Å². The zero-order valence-corrected chi connectivity index (χ0v) is 15.3. The number of hydrogen-bond acceptors (Lipinski definition) is 1. The summed E-state index contributed by atoms with van der Waals surface area (Å²) in [6.45, 7) is 9.54. The molecule has 3 heteroatoms. The van der Waals surface area contributed by atoms with Crippen molar-refractivity contribution in [2.45, 2.75) is 33.6 Å². The maximum Gasteiger partial charge on any atom is 0.105 e. The Morgan fingerprint density at radius 2 is 1.71 bits per heavy atom. The van der Waals surface area contributed by atoms with Crippen molar-refractivity contribution in [3.8, 4) is 0 Å². The molecule has 1 aliphatic heterocycles. The average Bonchev–Trinajstić information content (AvgIpc) is 2.97. The van der Waals surface area contributed by atoms with Crippen LogP contribution in [0, 0.1) is 0 Å². The van der Waals surface area contributed by atoms with Gasteiger partial charge in [0.1, 0.15) is 6.54 Å². The van der Waals surface area contributed by atoms with Crippen molar-refractivity contribution in [3.05, 3.63) is 47.0 Å². The summed E-state index contributed by atoms with van der Waals surface area (Å²) in [5.74, 6) is 0. The molecule has 0 unspecified atom stereocenters. The van der Waals surface area contributed by atoms with Gasteiger partial charge in [-0.25, -0.2) is 0 Å². The highest BCUT2D eigenvalue weighted by atomic mass is 127. The predicted molar refractivity (Wildman–Crippen MR) is 83.4 cm³/mol. The van der Waals surface area contributed by atoms with Gasteiger partial charge in [0.05, 0.1) is 33.4 Å². The first kappa shape index (κ1) is 16.7. The molecule has 114 valence electrons. The molecule has 21 heavy (non-hydrogen) atoms. The fraction of sp³-hybridized carbons (Fsp3) is 0.444. The molecule has 2 nitrogen and oxygen atoms in total. The van der Waals surface area contributed by atoms with E-state index in [-0.39, 0.29) is 24.0 Å². The quantitative estimate of drug-likeness (QED) is 0.550. The minimum Gasteiger partial charge on any atom is -1.00 e. The van der Waals surface area contributed by atoms with Crippen LogP contribution in [0.2, 0.25) is 0 Å². The van der Waals surface area contributed by atoms with Gasteiger partial charge in [0.2, 0.25) is 0 Å². The number of fused-ring (bicyclic) bond motifs is 3. The third-order valence-electron chi connectivity index (χ3n) is 4.94. The number of nitrogens with zero attached hydrogens (tertiary/aromatic N) is 1. The molecule has 0 saturated heterocycles. The molecule has 0 radical (unpaired) electrons. The normalized spacial score (nSPS) is 14.0. The van der Waals surface area contributed by atoms with Crippen molar-refractivity contribution in [2.24, 2.45) is 0 Å². The van der Waals surface area contributed by atoms with Crippen molar-refractivity contribution in [1.82, 2.24) is 0 Å². The third-order valence-corrected chi connectivity index (χ3v) is 4.94. The molecular weight excluding hydrogens is 373 g/mol. The van der Waals surface area contributed by atoms with E-state index < -0.39 is 0 Å². The van der Waals surface area contributed by atoms with Crippen molar-refractivity contribution in [1.29, 1.82) is 0 Å². The first-order valence-electron chi connectivity index (χ1n) is 7.60. The Kier molecular flexibility index (Phi) is 5.28. The highest BCUT2D eigenvalue weighted by Gasteiger charge is 2.24. The lowest BCUT2D eigenvalue weighted by atomic mass is 9.95. The third kappa shape index (κ3) is 3.10. The number of quaternary nitrogens is 1. The number of ether oxygens (including phenoxy) is 1. The monoisotopic (exact) mass is 397 g/mol. The standard InChI is InChI=1S/C18H24NO.HI/c1-4-19(3,5-2)11-15-10-14-8-6-7-9-16(14)18-13-20-12-17(15)18;/h6-10H,4-5,11-13H2,1-3H3;1H/q+1;/p-1. The van der Waals surface area contributed by atoms with Crippen LogP contribution in [0.5, 0.6) is 0 Å². The SMILES string of the molecule is CC[N+](C)(CC)Cc1cc2ccccc2c2c1COC2.[I-]. The molecule has 3 rings (SSSR count). The van der Waals surface area contributed by atoms with E-state index in [1.165, 1.54) is 40.6 Å². The van der Waals surface area contributed by atoms with Crippen LogP contribution in [0.4, 0.5) is 0 Å². The largest absolute Gasteiger partial charge is 1.00 e. The molecule has 0 saturated carbocycles. The summed E-state index contributed by atoms with van der Waals surface area (Å²) in [6, 6.07) is 11.1. The van der Waals surface area contributed by atoms with Gasteiger partial charge < -0.3 is 33.2 Å². The van der Waals surface area contributed by atoms with E-state index in [0.29, 0.717) is 0 Å². The summed E-state index contributed by atoms with van der Waals surface area (Å²) in [5, 5.41) is 2.72. The second-order valence-electron chi connectivity index (χ2n) is 6.12. The minimum absolute atomic E-state index is 0.